The molecule has 4 unspecified atom stereocenters. The van der Waals surface area contributed by atoms with Crippen LogP contribution in [0.15, 0.2) is 0 Å². The minimum Gasteiger partial charge on any atom is -0.338 e. The number of fused-ring (bicyclic) bond motifs is 1. The SMILES string of the molecule is CC1SCCN(C(=O)C2CC3CC3C2)C1C. The molecule has 0 aromatic rings. The second-order valence-electron chi connectivity index (χ2n) is 5.77. The van der Waals surface area contributed by atoms with Crippen molar-refractivity contribution in [3.63, 3.8) is 0 Å². The molecule has 0 bridgehead atoms. The fourth-order valence-corrected chi connectivity index (χ4v) is 4.49. The highest BCUT2D eigenvalue weighted by molar-refractivity contribution is 8.00. The van der Waals surface area contributed by atoms with Gasteiger partial charge in [0, 0.05) is 29.5 Å². The normalized spacial score (nSPS) is 46.6. The van der Waals surface area contributed by atoms with Crippen molar-refractivity contribution in [1.29, 1.82) is 0 Å². The molecule has 0 radical (unpaired) electrons. The molecular weight excluding hydrogens is 218 g/mol. The van der Waals surface area contributed by atoms with E-state index in [1.54, 1.807) is 0 Å². The van der Waals surface area contributed by atoms with Crippen LogP contribution in [0.25, 0.3) is 0 Å². The van der Waals surface area contributed by atoms with Gasteiger partial charge >= 0.3 is 0 Å². The van der Waals surface area contributed by atoms with Crippen molar-refractivity contribution in [3.8, 4) is 0 Å². The van der Waals surface area contributed by atoms with E-state index >= 15 is 0 Å². The molecule has 0 N–H and O–H groups in total. The van der Waals surface area contributed by atoms with Crippen LogP contribution in [0.2, 0.25) is 0 Å². The summed E-state index contributed by atoms with van der Waals surface area (Å²) in [5.41, 5.74) is 0. The van der Waals surface area contributed by atoms with Gasteiger partial charge in [-0.15, -0.1) is 0 Å². The van der Waals surface area contributed by atoms with Gasteiger partial charge in [-0.3, -0.25) is 4.79 Å². The predicted octanol–water partition coefficient (Wildman–Crippen LogP) is 2.38. The molecule has 3 fully saturated rings. The molecule has 1 heterocycles. The third-order valence-electron chi connectivity index (χ3n) is 4.76. The van der Waals surface area contributed by atoms with Crippen molar-refractivity contribution >= 4 is 17.7 Å². The molecule has 90 valence electrons. The fourth-order valence-electron chi connectivity index (χ4n) is 3.40. The van der Waals surface area contributed by atoms with E-state index in [4.69, 9.17) is 0 Å². The Labute approximate surface area is 102 Å². The third kappa shape index (κ3) is 1.77. The standard InChI is InChI=1S/C13H21NOS/c1-8-9(2)16-4-3-14(8)13(15)12-6-10-5-11(10)7-12/h8-12H,3-7H2,1-2H3. The number of nitrogens with zero attached hydrogens (tertiary/aromatic N) is 1. The molecule has 0 aromatic heterocycles. The van der Waals surface area contributed by atoms with Gasteiger partial charge < -0.3 is 4.90 Å². The van der Waals surface area contributed by atoms with Gasteiger partial charge in [0.2, 0.25) is 5.91 Å². The van der Waals surface area contributed by atoms with Crippen molar-refractivity contribution in [3.05, 3.63) is 0 Å². The van der Waals surface area contributed by atoms with Gasteiger partial charge in [-0.25, -0.2) is 0 Å². The average molecular weight is 239 g/mol. The maximum Gasteiger partial charge on any atom is 0.226 e. The summed E-state index contributed by atoms with van der Waals surface area (Å²) in [5.74, 6) is 3.80. The quantitative estimate of drug-likeness (QED) is 0.700. The summed E-state index contributed by atoms with van der Waals surface area (Å²) < 4.78 is 0. The largest absolute Gasteiger partial charge is 0.338 e. The van der Waals surface area contributed by atoms with Crippen LogP contribution < -0.4 is 0 Å². The Morgan fingerprint density at radius 3 is 2.56 bits per heavy atom. The van der Waals surface area contributed by atoms with Gasteiger partial charge in [0.1, 0.15) is 0 Å². The molecule has 2 nitrogen and oxygen atoms in total. The van der Waals surface area contributed by atoms with Crippen molar-refractivity contribution in [2.24, 2.45) is 17.8 Å². The molecule has 2 aliphatic carbocycles. The van der Waals surface area contributed by atoms with Crippen LogP contribution in [0.5, 0.6) is 0 Å². The zero-order valence-corrected chi connectivity index (χ0v) is 11.0. The molecule has 1 aliphatic heterocycles. The third-order valence-corrected chi connectivity index (χ3v) is 6.10. The van der Waals surface area contributed by atoms with Crippen LogP contribution in [0.3, 0.4) is 0 Å². The van der Waals surface area contributed by atoms with E-state index in [1.807, 2.05) is 11.8 Å². The number of amides is 1. The lowest BCUT2D eigenvalue weighted by Gasteiger charge is -2.39. The number of rotatable bonds is 1. The number of hydrogen-bond donors (Lipinski definition) is 0. The second kappa shape index (κ2) is 3.94. The summed E-state index contributed by atoms with van der Waals surface area (Å²) in [6.45, 7) is 5.44. The molecule has 1 amide bonds. The first-order valence-electron chi connectivity index (χ1n) is 6.59. The van der Waals surface area contributed by atoms with Gasteiger partial charge in [-0.1, -0.05) is 6.92 Å². The van der Waals surface area contributed by atoms with E-state index in [2.05, 4.69) is 18.7 Å². The molecule has 1 saturated heterocycles. The Morgan fingerprint density at radius 1 is 1.19 bits per heavy atom. The molecule has 2 saturated carbocycles. The van der Waals surface area contributed by atoms with E-state index in [1.165, 1.54) is 19.3 Å². The summed E-state index contributed by atoms with van der Waals surface area (Å²) in [4.78, 5) is 14.6. The van der Waals surface area contributed by atoms with Gasteiger partial charge in [-0.2, -0.15) is 11.8 Å². The van der Waals surface area contributed by atoms with E-state index in [9.17, 15) is 4.79 Å². The first-order valence-corrected chi connectivity index (χ1v) is 7.63. The van der Waals surface area contributed by atoms with Gasteiger partial charge in [0.25, 0.3) is 0 Å². The Morgan fingerprint density at radius 2 is 1.88 bits per heavy atom. The lowest BCUT2D eigenvalue weighted by atomic mass is 10.0. The number of hydrogen-bond acceptors (Lipinski definition) is 2. The van der Waals surface area contributed by atoms with Gasteiger partial charge in [0.05, 0.1) is 0 Å². The van der Waals surface area contributed by atoms with Crippen LogP contribution in [-0.2, 0) is 4.79 Å². The smallest absolute Gasteiger partial charge is 0.226 e. The Balaban J connectivity index is 1.64. The molecule has 0 spiro atoms. The van der Waals surface area contributed by atoms with E-state index in [0.29, 0.717) is 23.1 Å². The molecule has 4 atom stereocenters. The van der Waals surface area contributed by atoms with Gasteiger partial charge in [-0.05, 0) is 38.0 Å². The summed E-state index contributed by atoms with van der Waals surface area (Å²) in [5, 5.41) is 0.605. The lowest BCUT2D eigenvalue weighted by Crippen LogP contribution is -2.49. The van der Waals surface area contributed by atoms with Crippen LogP contribution in [0, 0.1) is 17.8 Å². The Hall–Kier alpha value is -0.180. The summed E-state index contributed by atoms with van der Waals surface area (Å²) in [7, 11) is 0. The van der Waals surface area contributed by atoms with Crippen molar-refractivity contribution in [2.75, 3.05) is 12.3 Å². The van der Waals surface area contributed by atoms with Gasteiger partial charge in [0.15, 0.2) is 0 Å². The molecule has 0 aromatic carbocycles. The van der Waals surface area contributed by atoms with E-state index in [-0.39, 0.29) is 0 Å². The average Bonchev–Trinajstić information content (AvgIpc) is 2.89. The van der Waals surface area contributed by atoms with Crippen molar-refractivity contribution in [2.45, 2.75) is 44.4 Å². The minimum atomic E-state index is 0.376. The maximum atomic E-state index is 12.4. The van der Waals surface area contributed by atoms with Crippen molar-refractivity contribution < 1.29 is 4.79 Å². The second-order valence-corrected chi connectivity index (χ2v) is 7.26. The van der Waals surface area contributed by atoms with Crippen molar-refractivity contribution in [1.82, 2.24) is 4.90 Å². The summed E-state index contributed by atoms with van der Waals surface area (Å²) in [6.07, 6.45) is 3.79. The monoisotopic (exact) mass is 239 g/mol. The molecular formula is C13H21NOS. The maximum absolute atomic E-state index is 12.4. The molecule has 16 heavy (non-hydrogen) atoms. The van der Waals surface area contributed by atoms with Crippen LogP contribution in [-0.4, -0.2) is 34.4 Å². The van der Waals surface area contributed by atoms with Crippen LogP contribution >= 0.6 is 11.8 Å². The number of thioether (sulfide) groups is 1. The Bertz CT molecular complexity index is 296. The highest BCUT2D eigenvalue weighted by Crippen LogP contribution is 2.54. The number of carbonyl (C=O) groups excluding carboxylic acids is 1. The van der Waals surface area contributed by atoms with Crippen LogP contribution in [0.1, 0.15) is 33.1 Å². The minimum absolute atomic E-state index is 0.376. The fraction of sp³-hybridized carbons (Fsp3) is 0.923. The summed E-state index contributed by atoms with van der Waals surface area (Å²) >= 11 is 2.01. The number of carbonyl (C=O) groups is 1. The molecule has 3 rings (SSSR count). The predicted molar refractivity (Wildman–Crippen MR) is 67.4 cm³/mol. The zero-order valence-electron chi connectivity index (χ0n) is 10.2. The summed E-state index contributed by atoms with van der Waals surface area (Å²) in [6, 6.07) is 0.433. The highest BCUT2D eigenvalue weighted by atomic mass is 32.2. The van der Waals surface area contributed by atoms with E-state index < -0.39 is 0 Å². The topological polar surface area (TPSA) is 20.3 Å². The first-order chi connectivity index (χ1) is 7.66. The lowest BCUT2D eigenvalue weighted by molar-refractivity contribution is -0.137. The molecule has 3 heteroatoms. The van der Waals surface area contributed by atoms with Crippen LogP contribution in [0.4, 0.5) is 0 Å². The first kappa shape index (κ1) is 10.9. The van der Waals surface area contributed by atoms with E-state index in [0.717, 1.165) is 24.1 Å². The molecule has 3 aliphatic rings. The highest BCUT2D eigenvalue weighted by Gasteiger charge is 2.49. The zero-order chi connectivity index (χ0) is 11.3. The Kier molecular flexibility index (Phi) is 2.69.